The van der Waals surface area contributed by atoms with E-state index in [0.29, 0.717) is 11.3 Å². The van der Waals surface area contributed by atoms with Crippen LogP contribution in [0.15, 0.2) is 48.9 Å². The van der Waals surface area contributed by atoms with Gasteiger partial charge in [-0.2, -0.15) is 0 Å². The Kier molecular flexibility index (Phi) is 5.34. The van der Waals surface area contributed by atoms with Crippen molar-refractivity contribution in [3.8, 4) is 17.0 Å². The van der Waals surface area contributed by atoms with Gasteiger partial charge in [0.15, 0.2) is 5.82 Å². The first-order valence-corrected chi connectivity index (χ1v) is 7.50. The first-order valence-electron chi connectivity index (χ1n) is 7.50. The third kappa shape index (κ3) is 3.98. The van der Waals surface area contributed by atoms with Gasteiger partial charge in [0.05, 0.1) is 18.3 Å². The maximum Gasteiger partial charge on any atom is 0.250 e. The minimum absolute atomic E-state index is 0.0492. The van der Waals surface area contributed by atoms with Gasteiger partial charge in [-0.25, -0.2) is 9.37 Å². The molecule has 5 heteroatoms. The Bertz CT molecular complexity index is 740. The van der Waals surface area contributed by atoms with E-state index in [2.05, 4.69) is 11.6 Å². The summed E-state index contributed by atoms with van der Waals surface area (Å²) in [6.45, 7) is 7.82. The van der Waals surface area contributed by atoms with E-state index in [4.69, 9.17) is 14.9 Å². The fourth-order valence-corrected chi connectivity index (χ4v) is 2.07. The minimum atomic E-state index is -0.526. The third-order valence-corrected chi connectivity index (χ3v) is 3.79. The standard InChI is InChI=1S/C19H21FN2O2/c1-13(23-4)19(2,3)12-24-18-17(20)9-16(11-22-18)15-7-5-14(10-21)6-8-15/h5-11,21H,1,12H2,2-4H3. The second-order valence-corrected chi connectivity index (χ2v) is 6.08. The molecule has 1 N–H and O–H groups in total. The summed E-state index contributed by atoms with van der Waals surface area (Å²) in [7, 11) is 1.54. The summed E-state index contributed by atoms with van der Waals surface area (Å²) >= 11 is 0. The maximum absolute atomic E-state index is 14.3. The summed E-state index contributed by atoms with van der Waals surface area (Å²) in [5, 5.41) is 7.19. The molecule has 0 aliphatic rings. The predicted molar refractivity (Wildman–Crippen MR) is 92.9 cm³/mol. The highest BCUT2D eigenvalue weighted by Crippen LogP contribution is 2.28. The monoisotopic (exact) mass is 328 g/mol. The number of nitrogens with one attached hydrogen (secondary N) is 1. The number of benzene rings is 1. The number of halogens is 1. The molecule has 24 heavy (non-hydrogen) atoms. The van der Waals surface area contributed by atoms with Crippen LogP contribution in [0.1, 0.15) is 19.4 Å². The predicted octanol–water partition coefficient (Wildman–Crippen LogP) is 4.45. The smallest absolute Gasteiger partial charge is 0.250 e. The largest absolute Gasteiger partial charge is 0.501 e. The van der Waals surface area contributed by atoms with Crippen LogP contribution in [0, 0.1) is 16.6 Å². The molecule has 1 aromatic heterocycles. The molecule has 0 aliphatic heterocycles. The molecule has 0 spiro atoms. The molecule has 0 saturated carbocycles. The van der Waals surface area contributed by atoms with E-state index >= 15 is 0 Å². The van der Waals surface area contributed by atoms with Crippen LogP contribution in [0.2, 0.25) is 0 Å². The van der Waals surface area contributed by atoms with Crippen molar-refractivity contribution < 1.29 is 13.9 Å². The summed E-state index contributed by atoms with van der Waals surface area (Å²) in [6.07, 6.45) is 2.82. The SMILES string of the molecule is C=C(OC)C(C)(C)COc1ncc(-c2ccc(C=N)cc2)cc1F. The maximum atomic E-state index is 14.3. The van der Waals surface area contributed by atoms with Gasteiger partial charge in [-0.3, -0.25) is 0 Å². The lowest BCUT2D eigenvalue weighted by Gasteiger charge is -2.25. The molecular weight excluding hydrogens is 307 g/mol. The molecule has 2 aromatic rings. The van der Waals surface area contributed by atoms with Crippen LogP contribution in [0.4, 0.5) is 4.39 Å². The molecule has 0 bridgehead atoms. The third-order valence-electron chi connectivity index (χ3n) is 3.79. The van der Waals surface area contributed by atoms with Gasteiger partial charge in [-0.05, 0) is 31.0 Å². The minimum Gasteiger partial charge on any atom is -0.501 e. The molecule has 0 radical (unpaired) electrons. The first kappa shape index (κ1) is 17.7. The molecule has 0 fully saturated rings. The number of nitrogens with zero attached hydrogens (tertiary/aromatic N) is 1. The molecule has 1 aromatic carbocycles. The van der Waals surface area contributed by atoms with Crippen molar-refractivity contribution in [2.75, 3.05) is 13.7 Å². The second-order valence-electron chi connectivity index (χ2n) is 6.08. The second kappa shape index (κ2) is 7.25. The molecule has 0 unspecified atom stereocenters. The van der Waals surface area contributed by atoms with Crippen LogP contribution in [-0.2, 0) is 4.74 Å². The van der Waals surface area contributed by atoms with Crippen LogP contribution in [-0.4, -0.2) is 24.9 Å². The number of hydrogen-bond acceptors (Lipinski definition) is 4. The molecule has 0 amide bonds. The van der Waals surface area contributed by atoms with Crippen LogP contribution in [0.5, 0.6) is 5.88 Å². The summed E-state index contributed by atoms with van der Waals surface area (Å²) in [4.78, 5) is 4.07. The Hall–Kier alpha value is -2.69. The van der Waals surface area contributed by atoms with Crippen LogP contribution in [0.3, 0.4) is 0 Å². The Balaban J connectivity index is 2.14. The molecule has 0 atom stereocenters. The molecule has 1 heterocycles. The van der Waals surface area contributed by atoms with Crippen LogP contribution >= 0.6 is 0 Å². The van der Waals surface area contributed by atoms with Crippen molar-refractivity contribution >= 4 is 6.21 Å². The lowest BCUT2D eigenvalue weighted by Crippen LogP contribution is -2.24. The van der Waals surface area contributed by atoms with E-state index in [1.807, 2.05) is 26.0 Å². The normalized spacial score (nSPS) is 11.0. The van der Waals surface area contributed by atoms with Gasteiger partial charge < -0.3 is 14.9 Å². The van der Waals surface area contributed by atoms with Crippen molar-refractivity contribution in [1.82, 2.24) is 4.98 Å². The van der Waals surface area contributed by atoms with Crippen molar-refractivity contribution in [1.29, 1.82) is 5.41 Å². The Labute approximate surface area is 141 Å². The van der Waals surface area contributed by atoms with E-state index in [1.54, 1.807) is 25.4 Å². The van der Waals surface area contributed by atoms with Gasteiger partial charge in [0.1, 0.15) is 6.61 Å². The van der Waals surface area contributed by atoms with E-state index in [1.165, 1.54) is 12.3 Å². The van der Waals surface area contributed by atoms with Gasteiger partial charge in [0.2, 0.25) is 5.88 Å². The molecular formula is C19H21FN2O2. The number of pyridine rings is 1. The van der Waals surface area contributed by atoms with Gasteiger partial charge in [-0.15, -0.1) is 0 Å². The topological polar surface area (TPSA) is 55.2 Å². The van der Waals surface area contributed by atoms with E-state index in [9.17, 15) is 4.39 Å². The molecule has 4 nitrogen and oxygen atoms in total. The zero-order valence-corrected chi connectivity index (χ0v) is 14.1. The highest BCUT2D eigenvalue weighted by Gasteiger charge is 2.25. The lowest BCUT2D eigenvalue weighted by molar-refractivity contribution is 0.127. The van der Waals surface area contributed by atoms with Crippen molar-refractivity contribution in [2.24, 2.45) is 5.41 Å². The number of aromatic nitrogens is 1. The van der Waals surface area contributed by atoms with E-state index in [0.717, 1.165) is 11.1 Å². The lowest BCUT2D eigenvalue weighted by atomic mass is 9.93. The Morgan fingerprint density at radius 1 is 1.29 bits per heavy atom. The van der Waals surface area contributed by atoms with Crippen LogP contribution < -0.4 is 4.74 Å². The molecule has 0 aliphatic carbocycles. The first-order chi connectivity index (χ1) is 11.4. The number of rotatable bonds is 7. The van der Waals surface area contributed by atoms with Gasteiger partial charge in [-0.1, -0.05) is 30.8 Å². The van der Waals surface area contributed by atoms with E-state index < -0.39 is 11.2 Å². The fourth-order valence-electron chi connectivity index (χ4n) is 2.07. The van der Waals surface area contributed by atoms with Crippen molar-refractivity contribution in [3.63, 3.8) is 0 Å². The molecule has 0 saturated heterocycles. The van der Waals surface area contributed by atoms with Gasteiger partial charge >= 0.3 is 0 Å². The van der Waals surface area contributed by atoms with Crippen LogP contribution in [0.25, 0.3) is 11.1 Å². The highest BCUT2D eigenvalue weighted by molar-refractivity contribution is 5.78. The number of ether oxygens (including phenoxy) is 2. The average Bonchev–Trinajstić information content (AvgIpc) is 2.60. The van der Waals surface area contributed by atoms with Crippen molar-refractivity contribution in [2.45, 2.75) is 13.8 Å². The quantitative estimate of drug-likeness (QED) is 0.603. The molecule has 126 valence electrons. The van der Waals surface area contributed by atoms with Crippen molar-refractivity contribution in [3.05, 3.63) is 60.2 Å². The summed E-state index contributed by atoms with van der Waals surface area (Å²) in [5.74, 6) is -0.0138. The number of hydrogen-bond donors (Lipinski definition) is 1. The summed E-state index contributed by atoms with van der Waals surface area (Å²) in [5.41, 5.74) is 1.81. The highest BCUT2D eigenvalue weighted by atomic mass is 19.1. The van der Waals surface area contributed by atoms with E-state index in [-0.39, 0.29) is 12.5 Å². The fraction of sp³-hybridized carbons (Fsp3) is 0.263. The Morgan fingerprint density at radius 3 is 2.50 bits per heavy atom. The average molecular weight is 328 g/mol. The molecule has 2 rings (SSSR count). The Morgan fingerprint density at radius 2 is 1.96 bits per heavy atom. The summed E-state index contributed by atoms with van der Waals surface area (Å²) in [6, 6.07) is 8.62. The van der Waals surface area contributed by atoms with Gasteiger partial charge in [0.25, 0.3) is 0 Å². The summed E-state index contributed by atoms with van der Waals surface area (Å²) < 4.78 is 24.9. The van der Waals surface area contributed by atoms with Gasteiger partial charge in [0, 0.05) is 18.0 Å². The number of methoxy groups -OCH3 is 1. The zero-order valence-electron chi connectivity index (χ0n) is 14.1. The zero-order chi connectivity index (χ0) is 17.7.